The molecule has 120 valence electrons. The zero-order valence-electron chi connectivity index (χ0n) is 13.2. The first-order valence-electron chi connectivity index (χ1n) is 7.95. The van der Waals surface area contributed by atoms with Crippen LogP contribution in [0.1, 0.15) is 46.0 Å². The molecule has 0 aromatic carbocycles. The molecule has 5 atom stereocenters. The van der Waals surface area contributed by atoms with Gasteiger partial charge in [-0.1, -0.05) is 6.42 Å². The van der Waals surface area contributed by atoms with E-state index in [1.807, 2.05) is 6.92 Å². The molecule has 0 amide bonds. The highest BCUT2D eigenvalue weighted by molar-refractivity contribution is 5.80. The molecule has 1 aliphatic carbocycles. The predicted molar refractivity (Wildman–Crippen MR) is 76.5 cm³/mol. The molecule has 0 aromatic heterocycles. The fourth-order valence-electron chi connectivity index (χ4n) is 3.91. The summed E-state index contributed by atoms with van der Waals surface area (Å²) in [6.07, 6.45) is 4.53. The van der Waals surface area contributed by atoms with Crippen molar-refractivity contribution in [2.45, 2.75) is 58.2 Å². The van der Waals surface area contributed by atoms with Crippen molar-refractivity contribution in [2.75, 3.05) is 13.7 Å². The van der Waals surface area contributed by atoms with Gasteiger partial charge in [-0.25, -0.2) is 0 Å². The van der Waals surface area contributed by atoms with E-state index in [1.54, 1.807) is 6.92 Å². The second-order valence-electron chi connectivity index (χ2n) is 6.12. The van der Waals surface area contributed by atoms with Crippen LogP contribution in [-0.2, 0) is 23.8 Å². The van der Waals surface area contributed by atoms with Gasteiger partial charge >= 0.3 is 11.9 Å². The molecule has 1 heterocycles. The molecule has 2 fully saturated rings. The lowest BCUT2D eigenvalue weighted by Gasteiger charge is -2.40. The molecule has 5 heteroatoms. The normalized spacial score (nSPS) is 33.1. The minimum Gasteiger partial charge on any atom is -0.469 e. The van der Waals surface area contributed by atoms with Gasteiger partial charge in [-0.2, -0.15) is 0 Å². The number of ether oxygens (including phenoxy) is 3. The summed E-state index contributed by atoms with van der Waals surface area (Å²) in [7, 11) is 1.36. The second-order valence-corrected chi connectivity index (χ2v) is 6.12. The molecule has 0 spiro atoms. The van der Waals surface area contributed by atoms with E-state index in [1.165, 1.54) is 7.11 Å². The second kappa shape index (κ2) is 7.25. The van der Waals surface area contributed by atoms with Crippen molar-refractivity contribution >= 4 is 11.9 Å². The highest BCUT2D eigenvalue weighted by Crippen LogP contribution is 2.45. The van der Waals surface area contributed by atoms with Gasteiger partial charge in [-0.3, -0.25) is 9.59 Å². The first-order chi connectivity index (χ1) is 10.1. The van der Waals surface area contributed by atoms with Crippen molar-refractivity contribution in [3.05, 3.63) is 0 Å². The molecule has 0 N–H and O–H groups in total. The van der Waals surface area contributed by atoms with E-state index in [0.29, 0.717) is 12.5 Å². The first kappa shape index (κ1) is 16.3. The maximum Gasteiger partial charge on any atom is 0.309 e. The molecule has 2 rings (SSSR count). The molecular formula is C16H26O5. The molecule has 1 saturated heterocycles. The Balaban J connectivity index is 2.16. The van der Waals surface area contributed by atoms with Crippen molar-refractivity contribution in [1.82, 2.24) is 0 Å². The first-order valence-corrected chi connectivity index (χ1v) is 7.95. The van der Waals surface area contributed by atoms with Crippen LogP contribution in [0, 0.1) is 17.8 Å². The molecule has 1 aliphatic heterocycles. The summed E-state index contributed by atoms with van der Waals surface area (Å²) in [6, 6.07) is 0. The summed E-state index contributed by atoms with van der Waals surface area (Å²) in [6.45, 7) is 4.17. The van der Waals surface area contributed by atoms with Crippen LogP contribution in [0.25, 0.3) is 0 Å². The van der Waals surface area contributed by atoms with Gasteiger partial charge in [0.1, 0.15) is 0 Å². The number of carbonyl (C=O) groups excluding carboxylic acids is 2. The largest absolute Gasteiger partial charge is 0.469 e. The smallest absolute Gasteiger partial charge is 0.309 e. The number of rotatable bonds is 5. The molecular weight excluding hydrogens is 272 g/mol. The van der Waals surface area contributed by atoms with E-state index in [2.05, 4.69) is 0 Å². The Morgan fingerprint density at radius 3 is 2.76 bits per heavy atom. The molecule has 1 saturated carbocycles. The Kier molecular flexibility index (Phi) is 5.62. The van der Waals surface area contributed by atoms with Gasteiger partial charge in [0, 0.05) is 0 Å². The highest BCUT2D eigenvalue weighted by Gasteiger charge is 2.46. The van der Waals surface area contributed by atoms with Crippen molar-refractivity contribution in [3.63, 3.8) is 0 Å². The quantitative estimate of drug-likeness (QED) is 0.729. The molecule has 2 aliphatic rings. The maximum absolute atomic E-state index is 12.3. The average molecular weight is 298 g/mol. The third-order valence-corrected chi connectivity index (χ3v) is 4.79. The number of hydrogen-bond donors (Lipinski definition) is 0. The van der Waals surface area contributed by atoms with Gasteiger partial charge in [0.2, 0.25) is 0 Å². The molecule has 0 aromatic rings. The van der Waals surface area contributed by atoms with Crippen LogP contribution >= 0.6 is 0 Å². The van der Waals surface area contributed by atoms with Crippen LogP contribution in [0.4, 0.5) is 0 Å². The summed E-state index contributed by atoms with van der Waals surface area (Å²) < 4.78 is 16.0. The van der Waals surface area contributed by atoms with Crippen LogP contribution in [0.15, 0.2) is 0 Å². The molecule has 0 radical (unpaired) electrons. The van der Waals surface area contributed by atoms with Crippen LogP contribution in [0.5, 0.6) is 0 Å². The topological polar surface area (TPSA) is 61.8 Å². The van der Waals surface area contributed by atoms with E-state index in [0.717, 1.165) is 25.7 Å². The van der Waals surface area contributed by atoms with Gasteiger partial charge in [0.05, 0.1) is 38.3 Å². The standard InChI is InChI=1S/C16H26O5/c1-4-20-16(18)13(9-15(17)19-3)12-8-10(2)21-14-7-5-6-11(12)14/h10-14H,4-9H2,1-3H3/t10-,11+,12?,13+,14+/m1/s1. The van der Waals surface area contributed by atoms with Crippen molar-refractivity contribution in [3.8, 4) is 0 Å². The lowest BCUT2D eigenvalue weighted by Crippen LogP contribution is -2.43. The van der Waals surface area contributed by atoms with Gasteiger partial charge in [0.25, 0.3) is 0 Å². The van der Waals surface area contributed by atoms with Crippen molar-refractivity contribution < 1.29 is 23.8 Å². The van der Waals surface area contributed by atoms with Gasteiger partial charge < -0.3 is 14.2 Å². The summed E-state index contributed by atoms with van der Waals surface area (Å²) in [5.74, 6) is -0.511. The number of hydrogen-bond acceptors (Lipinski definition) is 5. The summed E-state index contributed by atoms with van der Waals surface area (Å²) in [5, 5.41) is 0. The van der Waals surface area contributed by atoms with Gasteiger partial charge in [-0.05, 0) is 44.9 Å². The van der Waals surface area contributed by atoms with Crippen LogP contribution in [-0.4, -0.2) is 37.9 Å². The van der Waals surface area contributed by atoms with E-state index in [-0.39, 0.29) is 36.5 Å². The molecule has 21 heavy (non-hydrogen) atoms. The fourth-order valence-corrected chi connectivity index (χ4v) is 3.91. The van der Waals surface area contributed by atoms with Gasteiger partial charge in [0.15, 0.2) is 0 Å². The van der Waals surface area contributed by atoms with E-state index in [9.17, 15) is 9.59 Å². The average Bonchev–Trinajstić information content (AvgIpc) is 2.91. The fraction of sp³-hybridized carbons (Fsp3) is 0.875. The minimum absolute atomic E-state index is 0.107. The summed E-state index contributed by atoms with van der Waals surface area (Å²) in [4.78, 5) is 24.0. The zero-order valence-corrected chi connectivity index (χ0v) is 13.2. The monoisotopic (exact) mass is 298 g/mol. The van der Waals surface area contributed by atoms with E-state index >= 15 is 0 Å². The van der Waals surface area contributed by atoms with E-state index < -0.39 is 5.92 Å². The third kappa shape index (κ3) is 3.76. The van der Waals surface area contributed by atoms with Crippen LogP contribution in [0.2, 0.25) is 0 Å². The van der Waals surface area contributed by atoms with Crippen LogP contribution in [0.3, 0.4) is 0 Å². The Morgan fingerprint density at radius 1 is 1.33 bits per heavy atom. The van der Waals surface area contributed by atoms with Crippen molar-refractivity contribution in [2.24, 2.45) is 17.8 Å². The summed E-state index contributed by atoms with van der Waals surface area (Å²) >= 11 is 0. The lowest BCUT2D eigenvalue weighted by atomic mass is 9.73. The Bertz CT molecular complexity index is 381. The van der Waals surface area contributed by atoms with E-state index in [4.69, 9.17) is 14.2 Å². The molecule has 0 bridgehead atoms. The molecule has 5 nitrogen and oxygen atoms in total. The number of fused-ring (bicyclic) bond motifs is 1. The maximum atomic E-state index is 12.3. The Labute approximate surface area is 126 Å². The van der Waals surface area contributed by atoms with Crippen LogP contribution < -0.4 is 0 Å². The summed E-state index contributed by atoms with van der Waals surface area (Å²) in [5.41, 5.74) is 0. The predicted octanol–water partition coefficient (Wildman–Crippen LogP) is 2.32. The number of carbonyl (C=O) groups is 2. The minimum atomic E-state index is -0.408. The Morgan fingerprint density at radius 2 is 2.10 bits per heavy atom. The number of methoxy groups -OCH3 is 1. The third-order valence-electron chi connectivity index (χ3n) is 4.79. The zero-order chi connectivity index (χ0) is 15.4. The van der Waals surface area contributed by atoms with Gasteiger partial charge in [-0.15, -0.1) is 0 Å². The Hall–Kier alpha value is -1.10. The SMILES string of the molecule is CCOC(=O)[C@@H](CC(=O)OC)C1C[C@@H](C)O[C@H]2CCC[C@@H]12. The lowest BCUT2D eigenvalue weighted by molar-refractivity contribution is -0.163. The number of esters is 2. The molecule has 1 unspecified atom stereocenters. The van der Waals surface area contributed by atoms with Crippen molar-refractivity contribution in [1.29, 1.82) is 0 Å². The highest BCUT2D eigenvalue weighted by atomic mass is 16.5.